The summed E-state index contributed by atoms with van der Waals surface area (Å²) < 4.78 is 15.6. The molecule has 2 rings (SSSR count). The number of hydrogen-bond donors (Lipinski definition) is 0. The molecular formula is C18H23NO4. The zero-order valence-corrected chi connectivity index (χ0v) is 13.7. The summed E-state index contributed by atoms with van der Waals surface area (Å²) in [5.41, 5.74) is 1.26. The molecule has 1 aliphatic rings. The molecule has 1 aromatic carbocycles. The normalized spacial score (nSPS) is 21.6. The molecule has 0 N–H and O–H groups in total. The predicted molar refractivity (Wildman–Crippen MR) is 85.0 cm³/mol. The average molecular weight is 317 g/mol. The van der Waals surface area contributed by atoms with Crippen molar-refractivity contribution in [3.8, 4) is 6.07 Å². The molecule has 2 unspecified atom stereocenters. The van der Waals surface area contributed by atoms with E-state index in [1.165, 1.54) is 0 Å². The summed E-state index contributed by atoms with van der Waals surface area (Å²) in [6.45, 7) is 3.67. The molecule has 0 aliphatic carbocycles. The van der Waals surface area contributed by atoms with E-state index in [-0.39, 0.29) is 11.9 Å². The summed E-state index contributed by atoms with van der Waals surface area (Å²) in [6.07, 6.45) is 1.27. The highest BCUT2D eigenvalue weighted by Gasteiger charge is 2.37. The molecular weight excluding hydrogens is 294 g/mol. The highest BCUT2D eigenvalue weighted by Crippen LogP contribution is 2.33. The van der Waals surface area contributed by atoms with Crippen LogP contribution in [0.4, 0.5) is 0 Å². The maximum absolute atomic E-state index is 12.2. The third kappa shape index (κ3) is 3.90. The quantitative estimate of drug-likeness (QED) is 0.723. The summed E-state index contributed by atoms with van der Waals surface area (Å²) in [4.78, 5) is 12.2. The first-order valence-electron chi connectivity index (χ1n) is 7.92. The van der Waals surface area contributed by atoms with E-state index in [2.05, 4.69) is 6.07 Å². The topological polar surface area (TPSA) is 68.5 Å². The summed E-state index contributed by atoms with van der Waals surface area (Å²) >= 11 is 0. The van der Waals surface area contributed by atoms with Gasteiger partial charge in [0.25, 0.3) is 0 Å². The third-order valence-electron chi connectivity index (χ3n) is 4.28. The van der Waals surface area contributed by atoms with E-state index in [1.54, 1.807) is 14.0 Å². The van der Waals surface area contributed by atoms with Crippen LogP contribution >= 0.6 is 0 Å². The molecule has 0 spiro atoms. The minimum atomic E-state index is -0.565. The summed E-state index contributed by atoms with van der Waals surface area (Å²) in [6, 6.07) is 10.0. The Morgan fingerprint density at radius 1 is 1.43 bits per heavy atom. The number of rotatable bonds is 7. The second-order valence-corrected chi connectivity index (χ2v) is 5.70. The monoisotopic (exact) mass is 317 g/mol. The maximum atomic E-state index is 12.2. The highest BCUT2D eigenvalue weighted by atomic mass is 16.5. The van der Waals surface area contributed by atoms with Gasteiger partial charge in [-0.1, -0.05) is 24.3 Å². The van der Waals surface area contributed by atoms with Crippen LogP contribution in [0, 0.1) is 11.3 Å². The lowest BCUT2D eigenvalue weighted by Crippen LogP contribution is -2.24. The lowest BCUT2D eigenvalue weighted by atomic mass is 9.80. The van der Waals surface area contributed by atoms with E-state index in [1.807, 2.05) is 24.3 Å². The van der Waals surface area contributed by atoms with Gasteiger partial charge in [-0.25, -0.2) is 0 Å². The van der Waals surface area contributed by atoms with E-state index in [4.69, 9.17) is 14.2 Å². The Morgan fingerprint density at radius 2 is 2.17 bits per heavy atom. The molecule has 1 aromatic rings. The molecule has 23 heavy (non-hydrogen) atoms. The number of methoxy groups -OCH3 is 1. The molecule has 5 nitrogen and oxygen atoms in total. The highest BCUT2D eigenvalue weighted by molar-refractivity contribution is 5.78. The Hall–Kier alpha value is -1.90. The van der Waals surface area contributed by atoms with Gasteiger partial charge in [0.1, 0.15) is 5.41 Å². The number of benzene rings is 1. The van der Waals surface area contributed by atoms with Crippen LogP contribution in [0.5, 0.6) is 0 Å². The van der Waals surface area contributed by atoms with Gasteiger partial charge in [-0.3, -0.25) is 4.79 Å². The van der Waals surface area contributed by atoms with Crippen LogP contribution in [0.2, 0.25) is 0 Å². The fourth-order valence-corrected chi connectivity index (χ4v) is 2.88. The lowest BCUT2D eigenvalue weighted by molar-refractivity contribution is -0.145. The first-order valence-corrected chi connectivity index (χ1v) is 7.92. The standard InChI is InChI=1S/C18H23NO4/c1-3-23-17(20)16(8-10-21-2)14-4-6-15(7-5-14)18(12-19)9-11-22-13-18/h4-7,16H,3,8-11,13H2,1-2H3. The second-order valence-electron chi connectivity index (χ2n) is 5.70. The van der Waals surface area contributed by atoms with E-state index in [0.29, 0.717) is 39.3 Å². The number of carbonyl (C=O) groups is 1. The molecule has 5 heteroatoms. The fraction of sp³-hybridized carbons (Fsp3) is 0.556. The van der Waals surface area contributed by atoms with Crippen LogP contribution in [0.15, 0.2) is 24.3 Å². The van der Waals surface area contributed by atoms with E-state index in [0.717, 1.165) is 11.1 Å². The molecule has 1 saturated heterocycles. The Kier molecular flexibility index (Phi) is 6.14. The van der Waals surface area contributed by atoms with Crippen molar-refractivity contribution in [2.24, 2.45) is 0 Å². The Labute approximate surface area is 137 Å². The summed E-state index contributed by atoms with van der Waals surface area (Å²) in [5, 5.41) is 9.50. The molecule has 1 aliphatic heterocycles. The number of ether oxygens (including phenoxy) is 3. The van der Waals surface area contributed by atoms with Crippen molar-refractivity contribution in [3.05, 3.63) is 35.4 Å². The smallest absolute Gasteiger partial charge is 0.313 e. The minimum absolute atomic E-state index is 0.239. The second kappa shape index (κ2) is 8.09. The zero-order valence-electron chi connectivity index (χ0n) is 13.7. The Morgan fingerprint density at radius 3 is 2.70 bits per heavy atom. The zero-order chi connectivity index (χ0) is 16.7. The Bertz CT molecular complexity index is 555. The SMILES string of the molecule is CCOC(=O)C(CCOC)c1ccc(C2(C#N)CCOC2)cc1. The molecule has 2 atom stereocenters. The van der Waals surface area contributed by atoms with Crippen LogP contribution in [-0.4, -0.2) is 39.5 Å². The van der Waals surface area contributed by atoms with Gasteiger partial charge in [0.05, 0.1) is 25.2 Å². The van der Waals surface area contributed by atoms with Gasteiger partial charge < -0.3 is 14.2 Å². The van der Waals surface area contributed by atoms with Gasteiger partial charge in [0.2, 0.25) is 0 Å². The fourth-order valence-electron chi connectivity index (χ4n) is 2.88. The molecule has 1 heterocycles. The largest absolute Gasteiger partial charge is 0.466 e. The lowest BCUT2D eigenvalue weighted by Gasteiger charge is -2.21. The van der Waals surface area contributed by atoms with Gasteiger partial charge in [-0.15, -0.1) is 0 Å². The molecule has 0 saturated carbocycles. The van der Waals surface area contributed by atoms with E-state index >= 15 is 0 Å². The molecule has 1 fully saturated rings. The summed E-state index contributed by atoms with van der Waals surface area (Å²) in [7, 11) is 1.61. The maximum Gasteiger partial charge on any atom is 0.313 e. The van der Waals surface area contributed by atoms with Crippen LogP contribution in [-0.2, 0) is 24.4 Å². The predicted octanol–water partition coefficient (Wildman–Crippen LogP) is 2.55. The van der Waals surface area contributed by atoms with Crippen molar-refractivity contribution in [1.29, 1.82) is 5.26 Å². The number of hydrogen-bond acceptors (Lipinski definition) is 5. The van der Waals surface area contributed by atoms with Gasteiger partial charge in [-0.05, 0) is 30.9 Å². The van der Waals surface area contributed by atoms with Crippen LogP contribution in [0.1, 0.15) is 36.8 Å². The van der Waals surface area contributed by atoms with Crippen molar-refractivity contribution in [3.63, 3.8) is 0 Å². The first-order chi connectivity index (χ1) is 11.2. The van der Waals surface area contributed by atoms with Crippen LogP contribution in [0.3, 0.4) is 0 Å². The molecule has 0 radical (unpaired) electrons. The molecule has 124 valence electrons. The van der Waals surface area contributed by atoms with E-state index < -0.39 is 5.41 Å². The molecule has 0 aromatic heterocycles. The van der Waals surface area contributed by atoms with E-state index in [9.17, 15) is 10.1 Å². The van der Waals surface area contributed by atoms with Crippen molar-refractivity contribution in [2.75, 3.05) is 33.5 Å². The van der Waals surface area contributed by atoms with Crippen LogP contribution < -0.4 is 0 Å². The molecule has 0 bridgehead atoms. The molecule has 0 amide bonds. The minimum Gasteiger partial charge on any atom is -0.466 e. The van der Waals surface area contributed by atoms with Crippen molar-refractivity contribution in [1.82, 2.24) is 0 Å². The third-order valence-corrected chi connectivity index (χ3v) is 4.28. The van der Waals surface area contributed by atoms with Crippen LogP contribution in [0.25, 0.3) is 0 Å². The number of nitriles is 1. The Balaban J connectivity index is 2.21. The number of nitrogens with zero attached hydrogens (tertiary/aromatic N) is 1. The van der Waals surface area contributed by atoms with Gasteiger partial charge in [0, 0.05) is 20.3 Å². The van der Waals surface area contributed by atoms with Gasteiger partial charge >= 0.3 is 5.97 Å². The van der Waals surface area contributed by atoms with Gasteiger partial charge in [-0.2, -0.15) is 5.26 Å². The van der Waals surface area contributed by atoms with Crippen molar-refractivity contribution in [2.45, 2.75) is 31.1 Å². The first kappa shape index (κ1) is 17.5. The summed E-state index contributed by atoms with van der Waals surface area (Å²) in [5.74, 6) is -0.585. The van der Waals surface area contributed by atoms with Crippen molar-refractivity contribution >= 4 is 5.97 Å². The number of esters is 1. The van der Waals surface area contributed by atoms with Gasteiger partial charge in [0.15, 0.2) is 0 Å². The number of carbonyl (C=O) groups excluding carboxylic acids is 1. The van der Waals surface area contributed by atoms with Crippen molar-refractivity contribution < 1.29 is 19.0 Å². The average Bonchev–Trinajstić information content (AvgIpc) is 3.06.